The highest BCUT2D eigenvalue weighted by Gasteiger charge is 2.53. The third-order valence-corrected chi connectivity index (χ3v) is 16.1. The van der Waals surface area contributed by atoms with E-state index in [0.29, 0.717) is 29.8 Å². The standard InChI is InChI=1S/C62H101N3/c1-10-14-17-19-20-27-37-54-39-31-44-58(54)62(9,61(56-41-29-38-53(56)36-16-12-3)57-42-30-40-55(57)47-51-32-23-21-24-33-51)59(43-28-18-15-11-2)60(46-49(5)6)64(48-52-34-25-22-26-35-52)65(50(7)8)63-45-13-4/h22,25-26,29-31,34-35,38-40,49-51,59-61,63H,10-21,23-24,27-28,32-33,36-37,41-48H2,1-9H3. The predicted molar refractivity (Wildman–Crippen MR) is 285 cm³/mol. The van der Waals surface area contributed by atoms with Crippen LogP contribution in [0.5, 0.6) is 0 Å². The zero-order valence-electron chi connectivity index (χ0n) is 44.0. The fourth-order valence-corrected chi connectivity index (χ4v) is 12.8. The second-order valence-corrected chi connectivity index (χ2v) is 22.1. The lowest BCUT2D eigenvalue weighted by Gasteiger charge is -2.55. The Labute approximate surface area is 403 Å². The van der Waals surface area contributed by atoms with Crippen LogP contribution in [-0.4, -0.2) is 28.8 Å². The maximum absolute atomic E-state index is 4.07. The van der Waals surface area contributed by atoms with Crippen LogP contribution >= 0.6 is 0 Å². The Morgan fingerprint density at radius 2 is 1.25 bits per heavy atom. The van der Waals surface area contributed by atoms with Gasteiger partial charge in [-0.1, -0.05) is 228 Å². The molecule has 5 rings (SSSR count). The van der Waals surface area contributed by atoms with Crippen molar-refractivity contribution in [2.75, 3.05) is 6.54 Å². The maximum Gasteiger partial charge on any atom is 0.0400 e. The molecule has 1 N–H and O–H groups in total. The van der Waals surface area contributed by atoms with Gasteiger partial charge in [-0.3, -0.25) is 0 Å². The van der Waals surface area contributed by atoms with Crippen LogP contribution in [0.2, 0.25) is 0 Å². The summed E-state index contributed by atoms with van der Waals surface area (Å²) >= 11 is 0. The fraction of sp³-hybridized carbons (Fsp3) is 0.710. The van der Waals surface area contributed by atoms with Crippen molar-refractivity contribution >= 4 is 0 Å². The van der Waals surface area contributed by atoms with Gasteiger partial charge in [0.1, 0.15) is 0 Å². The minimum absolute atomic E-state index is 0.0624. The summed E-state index contributed by atoms with van der Waals surface area (Å²) in [7, 11) is 0. The number of benzene rings is 1. The van der Waals surface area contributed by atoms with Gasteiger partial charge in [0, 0.05) is 36.5 Å². The summed E-state index contributed by atoms with van der Waals surface area (Å²) < 4.78 is 0. The summed E-state index contributed by atoms with van der Waals surface area (Å²) in [6.07, 6.45) is 49.3. The van der Waals surface area contributed by atoms with E-state index in [2.05, 4.69) is 145 Å². The van der Waals surface area contributed by atoms with Crippen molar-refractivity contribution in [1.29, 1.82) is 0 Å². The Hall–Kier alpha value is -2.46. The lowest BCUT2D eigenvalue weighted by molar-refractivity contribution is -0.158. The third-order valence-electron chi connectivity index (χ3n) is 16.1. The van der Waals surface area contributed by atoms with Gasteiger partial charge in [0.2, 0.25) is 0 Å². The summed E-state index contributed by atoms with van der Waals surface area (Å²) in [5, 5.41) is 5.54. The molecule has 4 aliphatic carbocycles. The van der Waals surface area contributed by atoms with Crippen LogP contribution in [0, 0.1) is 29.1 Å². The van der Waals surface area contributed by atoms with E-state index in [1.165, 1.54) is 147 Å². The van der Waals surface area contributed by atoms with Gasteiger partial charge >= 0.3 is 0 Å². The lowest BCUT2D eigenvalue weighted by Crippen LogP contribution is -2.62. The van der Waals surface area contributed by atoms with E-state index in [0.717, 1.165) is 44.7 Å². The van der Waals surface area contributed by atoms with Crippen molar-refractivity contribution in [1.82, 2.24) is 15.6 Å². The third kappa shape index (κ3) is 15.3. The minimum atomic E-state index is -0.0624. The highest BCUT2D eigenvalue weighted by atomic mass is 15.8. The van der Waals surface area contributed by atoms with Gasteiger partial charge in [-0.05, 0) is 125 Å². The van der Waals surface area contributed by atoms with Crippen LogP contribution in [0.25, 0.3) is 0 Å². The zero-order chi connectivity index (χ0) is 46.4. The molecule has 4 aliphatic rings. The van der Waals surface area contributed by atoms with Crippen molar-refractivity contribution in [3.63, 3.8) is 0 Å². The first-order valence-electron chi connectivity index (χ1n) is 28.2. The average Bonchev–Trinajstić information content (AvgIpc) is 4.09. The quantitative estimate of drug-likeness (QED) is 0.0560. The molecule has 0 aliphatic heterocycles. The molecular weight excluding hydrogens is 787 g/mol. The number of nitrogens with one attached hydrogen (secondary N) is 1. The van der Waals surface area contributed by atoms with E-state index in [4.69, 9.17) is 0 Å². The van der Waals surface area contributed by atoms with E-state index >= 15 is 0 Å². The summed E-state index contributed by atoms with van der Waals surface area (Å²) in [6, 6.07) is 12.2. The van der Waals surface area contributed by atoms with Crippen molar-refractivity contribution in [2.45, 2.75) is 248 Å². The lowest BCUT2D eigenvalue weighted by atomic mass is 9.53. The Kier molecular flexibility index (Phi) is 23.7. The van der Waals surface area contributed by atoms with Crippen molar-refractivity contribution in [3.05, 3.63) is 106 Å². The molecule has 0 spiro atoms. The molecule has 0 radical (unpaired) electrons. The van der Waals surface area contributed by atoms with Crippen LogP contribution in [0.4, 0.5) is 0 Å². The van der Waals surface area contributed by atoms with Crippen LogP contribution in [-0.2, 0) is 6.54 Å². The van der Waals surface area contributed by atoms with Crippen LogP contribution in [0.3, 0.4) is 0 Å². The van der Waals surface area contributed by atoms with E-state index in [1.54, 1.807) is 22.3 Å². The zero-order valence-corrected chi connectivity index (χ0v) is 44.0. The number of hydrogen-bond acceptors (Lipinski definition) is 3. The predicted octanol–water partition coefficient (Wildman–Crippen LogP) is 18.3. The molecular formula is C62H101N3. The molecule has 0 bridgehead atoms. The summed E-state index contributed by atoms with van der Waals surface area (Å²) in [4.78, 5) is 0. The molecule has 364 valence electrons. The monoisotopic (exact) mass is 888 g/mol. The van der Waals surface area contributed by atoms with Crippen molar-refractivity contribution in [3.8, 4) is 0 Å². The summed E-state index contributed by atoms with van der Waals surface area (Å²) in [5.74, 6) is 2.25. The van der Waals surface area contributed by atoms with Gasteiger partial charge in [0.25, 0.3) is 0 Å². The van der Waals surface area contributed by atoms with E-state index < -0.39 is 0 Å². The van der Waals surface area contributed by atoms with Gasteiger partial charge < -0.3 is 0 Å². The molecule has 1 fully saturated rings. The van der Waals surface area contributed by atoms with Crippen LogP contribution < -0.4 is 5.43 Å². The van der Waals surface area contributed by atoms with Crippen LogP contribution in [0.1, 0.15) is 235 Å². The molecule has 1 aromatic rings. The number of rotatable bonds is 33. The summed E-state index contributed by atoms with van der Waals surface area (Å²) in [5.41, 5.74) is 16.0. The second-order valence-electron chi connectivity index (χ2n) is 22.1. The number of nitrogens with zero attached hydrogens (tertiary/aromatic N) is 2. The Bertz CT molecular complexity index is 1700. The van der Waals surface area contributed by atoms with E-state index in [9.17, 15) is 0 Å². The van der Waals surface area contributed by atoms with Crippen LogP contribution in [0.15, 0.2) is 100 Å². The molecule has 0 aromatic heterocycles. The van der Waals surface area contributed by atoms with E-state index in [1.807, 2.05) is 11.1 Å². The molecule has 1 saturated carbocycles. The SMILES string of the molecule is CCCCCCCCC1=C(C(C)(C(C2=C(CCCC)C=CC2)C2=C(CC3CCCCC3)C=CC2)C(CCCCCC)C(CC(C)C)N(Cc2ccccc2)N(NCCC)C(C)C)CC=C1. The Balaban J connectivity index is 1.83. The maximum atomic E-state index is 4.07. The smallest absolute Gasteiger partial charge is 0.0400 e. The topological polar surface area (TPSA) is 18.5 Å². The Morgan fingerprint density at radius 3 is 1.91 bits per heavy atom. The van der Waals surface area contributed by atoms with Gasteiger partial charge in [-0.25, -0.2) is 10.4 Å². The molecule has 0 heterocycles. The first-order chi connectivity index (χ1) is 31.7. The fourth-order valence-electron chi connectivity index (χ4n) is 12.8. The molecule has 4 unspecified atom stereocenters. The molecule has 0 amide bonds. The Morgan fingerprint density at radius 1 is 0.646 bits per heavy atom. The normalized spacial score (nSPS) is 19.4. The molecule has 1 aromatic carbocycles. The molecule has 3 heteroatoms. The first-order valence-corrected chi connectivity index (χ1v) is 28.2. The molecule has 0 saturated heterocycles. The van der Waals surface area contributed by atoms with Gasteiger partial charge in [0.15, 0.2) is 0 Å². The highest BCUT2D eigenvalue weighted by Crippen LogP contribution is 2.60. The number of allylic oxidation sites excluding steroid dienone is 12. The molecule has 3 nitrogen and oxygen atoms in total. The van der Waals surface area contributed by atoms with Gasteiger partial charge in [0.05, 0.1) is 0 Å². The van der Waals surface area contributed by atoms with Gasteiger partial charge in [-0.15, -0.1) is 0 Å². The second kappa shape index (κ2) is 28.8. The first kappa shape index (κ1) is 53.5. The molecule has 4 atom stereocenters. The number of hydrogen-bond donors (Lipinski definition) is 1. The average molecular weight is 889 g/mol. The summed E-state index contributed by atoms with van der Waals surface area (Å²) in [6.45, 7) is 24.2. The number of hydrazine groups is 2. The van der Waals surface area contributed by atoms with Crippen molar-refractivity contribution in [2.24, 2.45) is 29.1 Å². The van der Waals surface area contributed by atoms with Crippen molar-refractivity contribution < 1.29 is 0 Å². The van der Waals surface area contributed by atoms with Gasteiger partial charge in [-0.2, -0.15) is 5.12 Å². The highest BCUT2D eigenvalue weighted by molar-refractivity contribution is 5.51. The van der Waals surface area contributed by atoms with E-state index in [-0.39, 0.29) is 5.41 Å². The number of unbranched alkanes of at least 4 members (excludes halogenated alkanes) is 9. The molecule has 65 heavy (non-hydrogen) atoms. The largest absolute Gasteiger partial charge is 0.241 e. The minimum Gasteiger partial charge on any atom is -0.241 e.